The molecule has 0 radical (unpaired) electrons. The number of fused-ring (bicyclic) bond motifs is 1. The lowest BCUT2D eigenvalue weighted by atomic mass is 10.2. The molecule has 0 spiro atoms. The number of benzene rings is 1. The highest BCUT2D eigenvalue weighted by molar-refractivity contribution is 9.10. The maximum absolute atomic E-state index is 12.0. The summed E-state index contributed by atoms with van der Waals surface area (Å²) in [7, 11) is 0. The average Bonchev–Trinajstić information content (AvgIpc) is 2.49. The predicted octanol–water partition coefficient (Wildman–Crippen LogP) is 2.74. The fourth-order valence-electron chi connectivity index (χ4n) is 2.35. The molecule has 1 unspecified atom stereocenters. The van der Waals surface area contributed by atoms with Gasteiger partial charge in [-0.25, -0.2) is 4.98 Å². The minimum absolute atomic E-state index is 0. The molecule has 1 saturated heterocycles. The summed E-state index contributed by atoms with van der Waals surface area (Å²) in [5, 5.41) is 7.14. The number of morpholine rings is 1. The van der Waals surface area contributed by atoms with Crippen molar-refractivity contribution in [3.8, 4) is 0 Å². The van der Waals surface area contributed by atoms with Gasteiger partial charge in [-0.15, -0.1) is 12.4 Å². The summed E-state index contributed by atoms with van der Waals surface area (Å²) >= 11 is 3.48. The number of rotatable bonds is 3. The van der Waals surface area contributed by atoms with Crippen LogP contribution in [0.4, 0.5) is 5.82 Å². The number of hydrogen-bond acceptors (Lipinski definition) is 4. The number of ether oxygens (including phenoxy) is 1. The van der Waals surface area contributed by atoms with E-state index in [1.165, 1.54) is 0 Å². The van der Waals surface area contributed by atoms with Crippen LogP contribution in [-0.2, 0) is 9.53 Å². The van der Waals surface area contributed by atoms with Crippen LogP contribution in [0.2, 0.25) is 0 Å². The summed E-state index contributed by atoms with van der Waals surface area (Å²) in [5.74, 6) is 0.507. The number of anilines is 1. The Labute approximate surface area is 143 Å². The second-order valence-electron chi connectivity index (χ2n) is 4.99. The molecule has 3 rings (SSSR count). The van der Waals surface area contributed by atoms with Crippen LogP contribution in [0, 0.1) is 0 Å². The highest BCUT2D eigenvalue weighted by Gasteiger charge is 2.17. The van der Waals surface area contributed by atoms with E-state index in [0.717, 1.165) is 21.9 Å². The number of para-hydroxylation sites is 1. The maximum Gasteiger partial charge on any atom is 0.227 e. The van der Waals surface area contributed by atoms with Crippen LogP contribution in [0.15, 0.2) is 34.8 Å². The maximum atomic E-state index is 12.0. The summed E-state index contributed by atoms with van der Waals surface area (Å²) in [6.07, 6.45) is 0.385. The molecule has 1 aliphatic heterocycles. The molecule has 1 amide bonds. The molecular weight excluding hydrogens is 370 g/mol. The van der Waals surface area contributed by atoms with E-state index in [0.29, 0.717) is 25.5 Å². The Morgan fingerprint density at radius 2 is 2.27 bits per heavy atom. The fraction of sp³-hybridized carbons (Fsp3) is 0.333. The predicted molar refractivity (Wildman–Crippen MR) is 92.5 cm³/mol. The lowest BCUT2D eigenvalue weighted by Gasteiger charge is -2.23. The van der Waals surface area contributed by atoms with Gasteiger partial charge in [-0.05, 0) is 34.1 Å². The number of amides is 1. The van der Waals surface area contributed by atoms with Crippen molar-refractivity contribution in [1.29, 1.82) is 0 Å². The van der Waals surface area contributed by atoms with E-state index < -0.39 is 0 Å². The first-order chi connectivity index (χ1) is 10.2. The Kier molecular flexibility index (Phi) is 6.14. The van der Waals surface area contributed by atoms with Gasteiger partial charge in [0, 0.05) is 28.9 Å². The van der Waals surface area contributed by atoms with Gasteiger partial charge in [0.15, 0.2) is 0 Å². The molecule has 5 nitrogen and oxygen atoms in total. The van der Waals surface area contributed by atoms with E-state index in [9.17, 15) is 4.79 Å². The van der Waals surface area contributed by atoms with Crippen molar-refractivity contribution >= 4 is 51.0 Å². The zero-order valence-electron chi connectivity index (χ0n) is 11.8. The van der Waals surface area contributed by atoms with Gasteiger partial charge >= 0.3 is 0 Å². The molecule has 1 aromatic heterocycles. The number of hydrogen-bond donors (Lipinski definition) is 2. The van der Waals surface area contributed by atoms with Crippen molar-refractivity contribution in [2.24, 2.45) is 0 Å². The van der Waals surface area contributed by atoms with Crippen molar-refractivity contribution in [1.82, 2.24) is 10.3 Å². The number of carbonyl (C=O) groups is 1. The molecule has 118 valence electrons. The van der Waals surface area contributed by atoms with Crippen LogP contribution in [0.25, 0.3) is 10.9 Å². The minimum atomic E-state index is -0.0584. The number of nitrogens with one attached hydrogen (secondary N) is 2. The van der Waals surface area contributed by atoms with Gasteiger partial charge in [0.1, 0.15) is 5.82 Å². The molecule has 0 bridgehead atoms. The molecule has 1 fully saturated rings. The number of halogens is 2. The van der Waals surface area contributed by atoms with Gasteiger partial charge in [-0.2, -0.15) is 0 Å². The monoisotopic (exact) mass is 385 g/mol. The number of pyridine rings is 1. The Hall–Kier alpha value is -1.21. The highest BCUT2D eigenvalue weighted by atomic mass is 79.9. The average molecular weight is 387 g/mol. The zero-order valence-corrected chi connectivity index (χ0v) is 14.2. The number of aromatic nitrogens is 1. The SMILES string of the molecule is Cl.O=C(CC1COCCN1)Nc1ccc2cccc(Br)c2n1. The Bertz CT molecular complexity index is 662. The summed E-state index contributed by atoms with van der Waals surface area (Å²) in [4.78, 5) is 16.5. The Morgan fingerprint density at radius 1 is 1.41 bits per heavy atom. The number of carbonyl (C=O) groups excluding carboxylic acids is 1. The first-order valence-corrected chi connectivity index (χ1v) is 7.68. The van der Waals surface area contributed by atoms with Crippen LogP contribution in [-0.4, -0.2) is 36.7 Å². The van der Waals surface area contributed by atoms with Crippen molar-refractivity contribution in [3.63, 3.8) is 0 Å². The molecule has 2 heterocycles. The first-order valence-electron chi connectivity index (χ1n) is 6.88. The summed E-state index contributed by atoms with van der Waals surface area (Å²) in [5.41, 5.74) is 0.842. The molecule has 22 heavy (non-hydrogen) atoms. The topological polar surface area (TPSA) is 63.2 Å². The van der Waals surface area contributed by atoms with Crippen molar-refractivity contribution in [2.75, 3.05) is 25.1 Å². The quantitative estimate of drug-likeness (QED) is 0.851. The molecule has 0 aliphatic carbocycles. The van der Waals surface area contributed by atoms with Crippen LogP contribution >= 0.6 is 28.3 Å². The largest absolute Gasteiger partial charge is 0.378 e. The van der Waals surface area contributed by atoms with Crippen molar-refractivity contribution in [3.05, 3.63) is 34.8 Å². The smallest absolute Gasteiger partial charge is 0.227 e. The van der Waals surface area contributed by atoms with E-state index in [2.05, 4.69) is 31.5 Å². The third kappa shape index (κ3) is 4.16. The normalized spacial score (nSPS) is 17.8. The second-order valence-corrected chi connectivity index (χ2v) is 5.84. The van der Waals surface area contributed by atoms with E-state index in [-0.39, 0.29) is 24.4 Å². The van der Waals surface area contributed by atoms with Gasteiger partial charge in [0.25, 0.3) is 0 Å². The molecule has 1 aliphatic rings. The van der Waals surface area contributed by atoms with Crippen LogP contribution in [0.1, 0.15) is 6.42 Å². The third-order valence-corrected chi connectivity index (χ3v) is 4.01. The van der Waals surface area contributed by atoms with Crippen molar-refractivity contribution < 1.29 is 9.53 Å². The highest BCUT2D eigenvalue weighted by Crippen LogP contribution is 2.23. The van der Waals surface area contributed by atoms with Gasteiger partial charge in [-0.3, -0.25) is 4.79 Å². The van der Waals surface area contributed by atoms with E-state index in [4.69, 9.17) is 4.74 Å². The first kappa shape index (κ1) is 17.1. The van der Waals surface area contributed by atoms with Gasteiger partial charge in [0.05, 0.1) is 18.7 Å². The Balaban J connectivity index is 0.00000176. The van der Waals surface area contributed by atoms with Gasteiger partial charge in [0.2, 0.25) is 5.91 Å². The zero-order chi connectivity index (χ0) is 14.7. The molecule has 2 aromatic rings. The molecule has 7 heteroatoms. The standard InChI is InChI=1S/C15H16BrN3O2.ClH/c16-12-3-1-2-10-4-5-13(19-15(10)12)18-14(20)8-11-9-21-7-6-17-11;/h1-5,11,17H,6-9H2,(H,18,19,20);1H. The summed E-state index contributed by atoms with van der Waals surface area (Å²) in [6.45, 7) is 2.07. The fourth-order valence-corrected chi connectivity index (χ4v) is 2.82. The van der Waals surface area contributed by atoms with E-state index in [1.54, 1.807) is 0 Å². The summed E-state index contributed by atoms with van der Waals surface area (Å²) < 4.78 is 6.26. The van der Waals surface area contributed by atoms with Crippen LogP contribution < -0.4 is 10.6 Å². The third-order valence-electron chi connectivity index (χ3n) is 3.37. The lowest BCUT2D eigenvalue weighted by Crippen LogP contribution is -2.43. The van der Waals surface area contributed by atoms with Crippen molar-refractivity contribution in [2.45, 2.75) is 12.5 Å². The molecule has 0 saturated carbocycles. The van der Waals surface area contributed by atoms with Gasteiger partial charge < -0.3 is 15.4 Å². The van der Waals surface area contributed by atoms with Crippen LogP contribution in [0.5, 0.6) is 0 Å². The summed E-state index contributed by atoms with van der Waals surface area (Å²) in [6, 6.07) is 9.72. The Morgan fingerprint density at radius 3 is 3.05 bits per heavy atom. The molecule has 2 N–H and O–H groups in total. The second kappa shape index (κ2) is 7.87. The minimum Gasteiger partial charge on any atom is -0.378 e. The molecule has 1 aromatic carbocycles. The van der Waals surface area contributed by atoms with E-state index >= 15 is 0 Å². The van der Waals surface area contributed by atoms with Gasteiger partial charge in [-0.1, -0.05) is 12.1 Å². The number of nitrogens with zero attached hydrogens (tertiary/aromatic N) is 1. The lowest BCUT2D eigenvalue weighted by molar-refractivity contribution is -0.117. The molecule has 1 atom stereocenters. The molecular formula is C15H17BrClN3O2. The van der Waals surface area contributed by atoms with Crippen LogP contribution in [0.3, 0.4) is 0 Å². The van der Waals surface area contributed by atoms with E-state index in [1.807, 2.05) is 30.3 Å².